The molecule has 1 aliphatic rings. The van der Waals surface area contributed by atoms with E-state index in [1.54, 1.807) is 11.6 Å². The molecular formula is C14H14F3N3O2. The molecule has 22 heavy (non-hydrogen) atoms. The van der Waals surface area contributed by atoms with E-state index < -0.39 is 6.36 Å². The predicted molar refractivity (Wildman–Crippen MR) is 70.8 cm³/mol. The molecule has 0 radical (unpaired) electrons. The smallest absolute Gasteiger partial charge is 0.406 e. The zero-order valence-electron chi connectivity index (χ0n) is 11.8. The second-order valence-electron chi connectivity index (χ2n) is 5.37. The summed E-state index contributed by atoms with van der Waals surface area (Å²) in [5.74, 6) is 0.889. The molecule has 0 atom stereocenters. The van der Waals surface area contributed by atoms with Crippen LogP contribution in [0.3, 0.4) is 0 Å². The summed E-state index contributed by atoms with van der Waals surface area (Å²) >= 11 is 0. The molecule has 0 aliphatic heterocycles. The first-order valence-corrected chi connectivity index (χ1v) is 6.74. The van der Waals surface area contributed by atoms with Crippen LogP contribution in [0.4, 0.5) is 13.2 Å². The molecule has 8 heteroatoms. The predicted octanol–water partition coefficient (Wildman–Crippen LogP) is 2.50. The first kappa shape index (κ1) is 14.8. The standard InChI is InChI=1S/C14H14F3N3O2/c1-9-18-12(13(8-21)6-7-13)20(19-9)10-2-4-11(5-3-10)22-14(15,16)17/h2-5,21H,6-8H2,1H3. The summed E-state index contributed by atoms with van der Waals surface area (Å²) < 4.78 is 41.9. The van der Waals surface area contributed by atoms with Crippen molar-refractivity contribution in [1.82, 2.24) is 14.8 Å². The van der Waals surface area contributed by atoms with Gasteiger partial charge in [0.2, 0.25) is 0 Å². The lowest BCUT2D eigenvalue weighted by molar-refractivity contribution is -0.274. The lowest BCUT2D eigenvalue weighted by Gasteiger charge is -2.13. The number of aliphatic hydroxyl groups is 1. The van der Waals surface area contributed by atoms with E-state index in [0.717, 1.165) is 12.8 Å². The van der Waals surface area contributed by atoms with Gasteiger partial charge in [-0.25, -0.2) is 9.67 Å². The van der Waals surface area contributed by atoms with E-state index in [0.29, 0.717) is 17.3 Å². The summed E-state index contributed by atoms with van der Waals surface area (Å²) in [5.41, 5.74) is 0.187. The minimum absolute atomic E-state index is 0.0274. The third-order valence-corrected chi connectivity index (χ3v) is 3.66. The molecule has 1 aliphatic carbocycles. The van der Waals surface area contributed by atoms with E-state index >= 15 is 0 Å². The fourth-order valence-corrected chi connectivity index (χ4v) is 2.33. The van der Waals surface area contributed by atoms with Crippen molar-refractivity contribution in [2.75, 3.05) is 6.61 Å². The first-order valence-electron chi connectivity index (χ1n) is 6.74. The van der Waals surface area contributed by atoms with E-state index in [2.05, 4.69) is 14.8 Å². The zero-order chi connectivity index (χ0) is 16.0. The van der Waals surface area contributed by atoms with Gasteiger partial charge in [0, 0.05) is 0 Å². The van der Waals surface area contributed by atoms with Crippen LogP contribution in [0.2, 0.25) is 0 Å². The van der Waals surface area contributed by atoms with Crippen molar-refractivity contribution in [3.63, 3.8) is 0 Å². The minimum Gasteiger partial charge on any atom is -0.406 e. The molecule has 1 N–H and O–H groups in total. The summed E-state index contributed by atoms with van der Waals surface area (Å²) in [6.45, 7) is 1.70. The quantitative estimate of drug-likeness (QED) is 0.942. The molecule has 5 nitrogen and oxygen atoms in total. The van der Waals surface area contributed by atoms with Crippen molar-refractivity contribution in [1.29, 1.82) is 0 Å². The van der Waals surface area contributed by atoms with Gasteiger partial charge in [-0.1, -0.05) is 0 Å². The van der Waals surface area contributed by atoms with Crippen LogP contribution in [0.1, 0.15) is 24.5 Å². The number of aromatic nitrogens is 3. The number of alkyl halides is 3. The number of ether oxygens (including phenoxy) is 1. The average Bonchev–Trinajstić information content (AvgIpc) is 3.14. The Morgan fingerprint density at radius 1 is 1.27 bits per heavy atom. The Bertz CT molecular complexity index is 676. The molecule has 1 aromatic heterocycles. The highest BCUT2D eigenvalue weighted by atomic mass is 19.4. The Balaban J connectivity index is 1.92. The van der Waals surface area contributed by atoms with Crippen LogP contribution >= 0.6 is 0 Å². The minimum atomic E-state index is -4.72. The Kier molecular flexibility index (Phi) is 3.36. The largest absolute Gasteiger partial charge is 0.573 e. The van der Waals surface area contributed by atoms with E-state index in [1.165, 1.54) is 24.3 Å². The highest BCUT2D eigenvalue weighted by Crippen LogP contribution is 2.47. The number of hydrogen-bond donors (Lipinski definition) is 1. The van der Waals surface area contributed by atoms with Crippen molar-refractivity contribution in [2.45, 2.75) is 31.5 Å². The second-order valence-corrected chi connectivity index (χ2v) is 5.37. The van der Waals surface area contributed by atoms with Crippen LogP contribution < -0.4 is 4.74 Å². The normalized spacial score (nSPS) is 16.6. The van der Waals surface area contributed by atoms with Crippen molar-refractivity contribution in [3.8, 4) is 11.4 Å². The van der Waals surface area contributed by atoms with Crippen molar-refractivity contribution >= 4 is 0 Å². The molecule has 2 aromatic rings. The van der Waals surface area contributed by atoms with Crippen molar-refractivity contribution in [2.24, 2.45) is 0 Å². The van der Waals surface area contributed by atoms with Gasteiger partial charge in [0.05, 0.1) is 17.7 Å². The average molecular weight is 313 g/mol. The number of rotatable bonds is 4. The third kappa shape index (κ3) is 2.78. The first-order chi connectivity index (χ1) is 10.3. The third-order valence-electron chi connectivity index (χ3n) is 3.66. The van der Waals surface area contributed by atoms with Gasteiger partial charge in [0.25, 0.3) is 0 Å². The van der Waals surface area contributed by atoms with Gasteiger partial charge in [0.1, 0.15) is 17.4 Å². The van der Waals surface area contributed by atoms with Crippen LogP contribution in [0.25, 0.3) is 5.69 Å². The van der Waals surface area contributed by atoms with Gasteiger partial charge < -0.3 is 9.84 Å². The number of hydrogen-bond acceptors (Lipinski definition) is 4. The Morgan fingerprint density at radius 2 is 1.91 bits per heavy atom. The lowest BCUT2D eigenvalue weighted by atomic mass is 10.1. The van der Waals surface area contributed by atoms with Gasteiger partial charge in [-0.3, -0.25) is 0 Å². The summed E-state index contributed by atoms with van der Waals surface area (Å²) in [6, 6.07) is 5.41. The SMILES string of the molecule is Cc1nc(C2(CO)CC2)n(-c2ccc(OC(F)(F)F)cc2)n1. The molecule has 1 aromatic carbocycles. The second kappa shape index (κ2) is 4.98. The maximum Gasteiger partial charge on any atom is 0.573 e. The fourth-order valence-electron chi connectivity index (χ4n) is 2.33. The summed E-state index contributed by atoms with van der Waals surface area (Å²) in [6.07, 6.45) is -3.08. The molecule has 0 saturated heterocycles. The monoisotopic (exact) mass is 313 g/mol. The van der Waals surface area contributed by atoms with E-state index in [-0.39, 0.29) is 17.8 Å². The van der Waals surface area contributed by atoms with E-state index in [1.807, 2.05) is 0 Å². The molecule has 1 saturated carbocycles. The summed E-state index contributed by atoms with van der Waals surface area (Å²) in [5, 5.41) is 13.8. The summed E-state index contributed by atoms with van der Waals surface area (Å²) in [4.78, 5) is 4.35. The number of benzene rings is 1. The molecule has 118 valence electrons. The molecule has 3 rings (SSSR count). The molecule has 0 bridgehead atoms. The van der Waals surface area contributed by atoms with Crippen LogP contribution in [-0.2, 0) is 5.41 Å². The number of halogens is 3. The van der Waals surface area contributed by atoms with Crippen molar-refractivity contribution < 1.29 is 23.0 Å². The van der Waals surface area contributed by atoms with Gasteiger partial charge in [-0.05, 0) is 44.0 Å². The number of aryl methyl sites for hydroxylation is 1. The Morgan fingerprint density at radius 3 is 2.41 bits per heavy atom. The number of aliphatic hydroxyl groups excluding tert-OH is 1. The lowest BCUT2D eigenvalue weighted by Crippen LogP contribution is -2.19. The molecule has 1 fully saturated rings. The molecule has 1 heterocycles. The highest BCUT2D eigenvalue weighted by Gasteiger charge is 2.48. The maximum atomic E-state index is 12.2. The van der Waals surface area contributed by atoms with Gasteiger partial charge in [-0.15, -0.1) is 13.2 Å². The van der Waals surface area contributed by atoms with Crippen molar-refractivity contribution in [3.05, 3.63) is 35.9 Å². The van der Waals surface area contributed by atoms with E-state index in [9.17, 15) is 18.3 Å². The van der Waals surface area contributed by atoms with Crippen LogP contribution in [0.5, 0.6) is 5.75 Å². The Hall–Kier alpha value is -2.09. The van der Waals surface area contributed by atoms with Gasteiger partial charge in [-0.2, -0.15) is 5.10 Å². The fraction of sp³-hybridized carbons (Fsp3) is 0.429. The molecule has 0 unspecified atom stereocenters. The van der Waals surface area contributed by atoms with Crippen LogP contribution in [0.15, 0.2) is 24.3 Å². The van der Waals surface area contributed by atoms with Gasteiger partial charge >= 0.3 is 6.36 Å². The Labute approximate surface area is 124 Å². The topological polar surface area (TPSA) is 60.2 Å². The highest BCUT2D eigenvalue weighted by molar-refractivity contribution is 5.39. The van der Waals surface area contributed by atoms with Crippen LogP contribution in [-0.4, -0.2) is 32.8 Å². The van der Waals surface area contributed by atoms with Gasteiger partial charge in [0.15, 0.2) is 0 Å². The zero-order valence-corrected chi connectivity index (χ0v) is 11.8. The van der Waals surface area contributed by atoms with E-state index in [4.69, 9.17) is 0 Å². The van der Waals surface area contributed by atoms with Crippen LogP contribution in [0, 0.1) is 6.92 Å². The maximum absolute atomic E-state index is 12.2. The molecule has 0 amide bonds. The molecular weight excluding hydrogens is 299 g/mol. The number of nitrogens with zero attached hydrogens (tertiary/aromatic N) is 3. The summed E-state index contributed by atoms with van der Waals surface area (Å²) in [7, 11) is 0. The molecule has 0 spiro atoms.